The molecule has 7 nitrogen and oxygen atoms in total. The van der Waals surface area contributed by atoms with Gasteiger partial charge in [0, 0.05) is 51.4 Å². The Morgan fingerprint density at radius 3 is 2.76 bits per heavy atom. The second-order valence-corrected chi connectivity index (χ2v) is 8.38. The van der Waals surface area contributed by atoms with Crippen molar-refractivity contribution in [3.05, 3.63) is 71.5 Å². The predicted molar refractivity (Wildman–Crippen MR) is 122 cm³/mol. The molecule has 2 aromatic carbocycles. The number of aryl methyl sites for hydroxylation is 1. The van der Waals surface area contributed by atoms with E-state index < -0.39 is 23.2 Å². The van der Waals surface area contributed by atoms with Gasteiger partial charge in [0.05, 0.1) is 11.2 Å². The summed E-state index contributed by atoms with van der Waals surface area (Å²) in [5.41, 5.74) is 0.871. The Hall–Kier alpha value is -3.37. The summed E-state index contributed by atoms with van der Waals surface area (Å²) in [5, 5.41) is 13.4. The molecule has 3 aromatic rings. The Balaban J connectivity index is 1.56. The first-order chi connectivity index (χ1) is 16.3. The number of urea groups is 1. The van der Waals surface area contributed by atoms with E-state index in [-0.39, 0.29) is 11.7 Å². The lowest BCUT2D eigenvalue weighted by atomic mass is 9.79. The van der Waals surface area contributed by atoms with Gasteiger partial charge in [-0.1, -0.05) is 18.2 Å². The molecule has 0 saturated carbocycles. The SMILES string of the molecule is COCC[C@@]1(NC(=O)Nc2cc(-c3cccc(F)c3)nn2C)CNC[C@H]1c1ccc(F)c(F)c1. The van der Waals surface area contributed by atoms with Gasteiger partial charge >= 0.3 is 6.03 Å². The molecule has 1 aliphatic heterocycles. The predicted octanol–water partition coefficient (Wildman–Crippen LogP) is 3.79. The Morgan fingerprint density at radius 2 is 2.03 bits per heavy atom. The van der Waals surface area contributed by atoms with Crippen molar-refractivity contribution in [1.29, 1.82) is 0 Å². The molecule has 1 aliphatic rings. The van der Waals surface area contributed by atoms with Gasteiger partial charge in [-0.05, 0) is 36.2 Å². The molecule has 2 heterocycles. The number of hydrogen-bond acceptors (Lipinski definition) is 4. The molecular formula is C24H26F3N5O2. The summed E-state index contributed by atoms with van der Waals surface area (Å²) in [4.78, 5) is 13.1. The number of benzene rings is 2. The van der Waals surface area contributed by atoms with Crippen molar-refractivity contribution in [1.82, 2.24) is 20.4 Å². The topological polar surface area (TPSA) is 80.2 Å². The summed E-state index contributed by atoms with van der Waals surface area (Å²) in [6.07, 6.45) is 0.452. The molecule has 2 atom stereocenters. The molecule has 34 heavy (non-hydrogen) atoms. The molecule has 0 radical (unpaired) electrons. The number of aromatic nitrogens is 2. The maximum atomic E-state index is 13.9. The molecule has 180 valence electrons. The van der Waals surface area contributed by atoms with Gasteiger partial charge in [-0.2, -0.15) is 5.10 Å². The number of carbonyl (C=O) groups is 1. The summed E-state index contributed by atoms with van der Waals surface area (Å²) < 4.78 is 47.8. The number of rotatable bonds is 7. The van der Waals surface area contributed by atoms with Crippen LogP contribution in [0, 0.1) is 17.5 Å². The highest BCUT2D eigenvalue weighted by atomic mass is 19.2. The van der Waals surface area contributed by atoms with Crippen LogP contribution in [0.5, 0.6) is 0 Å². The van der Waals surface area contributed by atoms with Crippen LogP contribution in [0.2, 0.25) is 0 Å². The van der Waals surface area contributed by atoms with Crippen molar-refractivity contribution in [3.8, 4) is 11.3 Å². The Labute approximate surface area is 195 Å². The number of hydrogen-bond donors (Lipinski definition) is 3. The van der Waals surface area contributed by atoms with Crippen molar-refractivity contribution in [2.75, 3.05) is 32.1 Å². The van der Waals surface area contributed by atoms with E-state index in [9.17, 15) is 18.0 Å². The van der Waals surface area contributed by atoms with Gasteiger partial charge in [0.2, 0.25) is 0 Å². The molecular weight excluding hydrogens is 447 g/mol. The number of carbonyl (C=O) groups excluding carboxylic acids is 1. The van der Waals surface area contributed by atoms with E-state index in [0.717, 1.165) is 6.07 Å². The largest absolute Gasteiger partial charge is 0.385 e. The van der Waals surface area contributed by atoms with Crippen molar-refractivity contribution in [3.63, 3.8) is 0 Å². The fourth-order valence-electron chi connectivity index (χ4n) is 4.41. The first-order valence-electron chi connectivity index (χ1n) is 10.8. The zero-order valence-corrected chi connectivity index (χ0v) is 18.9. The van der Waals surface area contributed by atoms with Crippen LogP contribution in [-0.2, 0) is 11.8 Å². The number of amides is 2. The van der Waals surface area contributed by atoms with Gasteiger partial charge in [0.15, 0.2) is 11.6 Å². The van der Waals surface area contributed by atoms with Crippen molar-refractivity contribution in [2.45, 2.75) is 17.9 Å². The van der Waals surface area contributed by atoms with Crippen molar-refractivity contribution < 1.29 is 22.7 Å². The lowest BCUT2D eigenvalue weighted by Crippen LogP contribution is -2.55. The highest BCUT2D eigenvalue weighted by molar-refractivity contribution is 5.89. The molecule has 1 fully saturated rings. The van der Waals surface area contributed by atoms with E-state index in [1.165, 1.54) is 28.9 Å². The first-order valence-corrected chi connectivity index (χ1v) is 10.8. The van der Waals surface area contributed by atoms with Crippen LogP contribution in [0.15, 0.2) is 48.5 Å². The first kappa shape index (κ1) is 23.8. The fraction of sp³-hybridized carbons (Fsp3) is 0.333. The lowest BCUT2D eigenvalue weighted by molar-refractivity contribution is 0.155. The third-order valence-electron chi connectivity index (χ3n) is 6.16. The monoisotopic (exact) mass is 473 g/mol. The van der Waals surface area contributed by atoms with E-state index >= 15 is 0 Å². The number of methoxy groups -OCH3 is 1. The van der Waals surface area contributed by atoms with E-state index in [1.54, 1.807) is 32.4 Å². The van der Waals surface area contributed by atoms with Crippen molar-refractivity contribution in [2.24, 2.45) is 7.05 Å². The molecule has 4 rings (SSSR count). The molecule has 2 amide bonds. The van der Waals surface area contributed by atoms with Gasteiger partial charge in [0.1, 0.15) is 11.6 Å². The zero-order valence-electron chi connectivity index (χ0n) is 18.9. The van der Waals surface area contributed by atoms with Gasteiger partial charge < -0.3 is 15.4 Å². The summed E-state index contributed by atoms with van der Waals surface area (Å²) in [7, 11) is 3.23. The van der Waals surface area contributed by atoms with Crippen LogP contribution >= 0.6 is 0 Å². The standard InChI is InChI=1S/C24H26F3N5O2/c1-32-22(12-21(31-32)16-4-3-5-17(25)10-16)29-23(33)30-24(8-9-34-2)14-28-13-18(24)15-6-7-19(26)20(27)11-15/h3-7,10-12,18,28H,8-9,13-14H2,1-2H3,(H2,29,30,33)/t18-,24+/m0/s1. The maximum Gasteiger partial charge on any atom is 0.320 e. The summed E-state index contributed by atoms with van der Waals surface area (Å²) in [6.45, 7) is 1.26. The smallest absolute Gasteiger partial charge is 0.320 e. The van der Waals surface area contributed by atoms with E-state index in [0.29, 0.717) is 48.8 Å². The van der Waals surface area contributed by atoms with Crippen LogP contribution in [0.25, 0.3) is 11.3 Å². The zero-order chi connectivity index (χ0) is 24.3. The van der Waals surface area contributed by atoms with Gasteiger partial charge in [-0.15, -0.1) is 0 Å². The van der Waals surface area contributed by atoms with E-state index in [4.69, 9.17) is 4.74 Å². The molecule has 3 N–H and O–H groups in total. The molecule has 1 saturated heterocycles. The number of nitrogens with one attached hydrogen (secondary N) is 3. The normalized spacial score (nSPS) is 19.9. The van der Waals surface area contributed by atoms with Crippen LogP contribution in [0.1, 0.15) is 17.9 Å². The molecule has 0 unspecified atom stereocenters. The molecule has 0 spiro atoms. The van der Waals surface area contributed by atoms with Crippen LogP contribution < -0.4 is 16.0 Å². The highest BCUT2D eigenvalue weighted by Crippen LogP contribution is 2.35. The van der Waals surface area contributed by atoms with Crippen molar-refractivity contribution >= 4 is 11.8 Å². The molecule has 10 heteroatoms. The summed E-state index contributed by atoms with van der Waals surface area (Å²) in [5.74, 6) is -2.14. The van der Waals surface area contributed by atoms with Gasteiger partial charge in [-0.25, -0.2) is 18.0 Å². The Kier molecular flexibility index (Phi) is 6.90. The number of ether oxygens (including phenoxy) is 1. The molecule has 0 aliphatic carbocycles. The minimum absolute atomic E-state index is 0.308. The third kappa shape index (κ3) is 4.92. The van der Waals surface area contributed by atoms with Gasteiger partial charge in [0.25, 0.3) is 0 Å². The number of anilines is 1. The number of halogens is 3. The second kappa shape index (κ2) is 9.86. The number of nitrogens with zero attached hydrogens (tertiary/aromatic N) is 2. The Bertz CT molecular complexity index is 1190. The third-order valence-corrected chi connectivity index (χ3v) is 6.16. The minimum Gasteiger partial charge on any atom is -0.385 e. The molecule has 1 aromatic heterocycles. The summed E-state index contributed by atoms with van der Waals surface area (Å²) in [6, 6.07) is 11.0. The average Bonchev–Trinajstić information content (AvgIpc) is 3.38. The molecule has 0 bridgehead atoms. The second-order valence-electron chi connectivity index (χ2n) is 8.38. The maximum absolute atomic E-state index is 13.9. The van der Waals surface area contributed by atoms with E-state index in [1.807, 2.05) is 0 Å². The van der Waals surface area contributed by atoms with Crippen LogP contribution in [0.3, 0.4) is 0 Å². The minimum atomic E-state index is -0.936. The van der Waals surface area contributed by atoms with Crippen LogP contribution in [0.4, 0.5) is 23.8 Å². The van der Waals surface area contributed by atoms with Gasteiger partial charge in [-0.3, -0.25) is 10.00 Å². The van der Waals surface area contributed by atoms with Crippen LogP contribution in [-0.4, -0.2) is 48.2 Å². The summed E-state index contributed by atoms with van der Waals surface area (Å²) >= 11 is 0. The quantitative estimate of drug-likeness (QED) is 0.488. The van der Waals surface area contributed by atoms with E-state index in [2.05, 4.69) is 21.0 Å². The lowest BCUT2D eigenvalue weighted by Gasteiger charge is -2.36. The average molecular weight is 473 g/mol. The fourth-order valence-corrected chi connectivity index (χ4v) is 4.41. The highest BCUT2D eigenvalue weighted by Gasteiger charge is 2.45. The Morgan fingerprint density at radius 1 is 1.21 bits per heavy atom.